The summed E-state index contributed by atoms with van der Waals surface area (Å²) in [6.07, 6.45) is 11.1. The zero-order valence-electron chi connectivity index (χ0n) is 16.6. The summed E-state index contributed by atoms with van der Waals surface area (Å²) in [5, 5.41) is 19.2. The number of hydrogen-bond donors (Lipinski definition) is 0. The number of aryl methyl sites for hydroxylation is 1. The number of benzene rings is 1. The van der Waals surface area contributed by atoms with Crippen molar-refractivity contribution in [3.63, 3.8) is 0 Å². The van der Waals surface area contributed by atoms with E-state index in [0.717, 1.165) is 24.3 Å². The zero-order chi connectivity index (χ0) is 19.2. The van der Waals surface area contributed by atoms with Crippen LogP contribution in [0.5, 0.6) is 11.5 Å². The molecule has 0 N–H and O–H groups in total. The van der Waals surface area contributed by atoms with Crippen LogP contribution < -0.4 is 9.47 Å². The Bertz CT molecular complexity index is 736. The molecule has 1 aliphatic carbocycles. The molecule has 144 valence electrons. The second kappa shape index (κ2) is 9.14. The summed E-state index contributed by atoms with van der Waals surface area (Å²) in [7, 11) is 0. The number of fused-ring (bicyclic) bond motifs is 1. The van der Waals surface area contributed by atoms with Gasteiger partial charge in [-0.1, -0.05) is 39.0 Å². The molecular weight excluding hydrogens is 336 g/mol. The molecular formula is C23H30N2O2. The Balaban J connectivity index is 1.75. The van der Waals surface area contributed by atoms with E-state index in [9.17, 15) is 10.5 Å². The minimum atomic E-state index is 0.168. The van der Waals surface area contributed by atoms with Gasteiger partial charge in [-0.25, -0.2) is 0 Å². The predicted molar refractivity (Wildman–Crippen MR) is 105 cm³/mol. The molecule has 4 heteroatoms. The first-order chi connectivity index (χ1) is 13.2. The minimum absolute atomic E-state index is 0.168. The summed E-state index contributed by atoms with van der Waals surface area (Å²) in [5.74, 6) is 2.58. The molecule has 1 heterocycles. The first-order valence-electron chi connectivity index (χ1n) is 10.5. The minimum Gasteiger partial charge on any atom is -0.492 e. The van der Waals surface area contributed by atoms with Gasteiger partial charge in [0.2, 0.25) is 0 Å². The summed E-state index contributed by atoms with van der Waals surface area (Å²) >= 11 is 0. The Hall–Kier alpha value is -2.20. The van der Waals surface area contributed by atoms with Gasteiger partial charge in [-0.2, -0.15) is 10.5 Å². The molecule has 2 aliphatic rings. The van der Waals surface area contributed by atoms with E-state index < -0.39 is 0 Å². The average Bonchev–Trinajstić information content (AvgIpc) is 2.71. The van der Waals surface area contributed by atoms with Crippen molar-refractivity contribution in [1.29, 1.82) is 10.5 Å². The second-order valence-electron chi connectivity index (χ2n) is 7.89. The van der Waals surface area contributed by atoms with E-state index in [-0.39, 0.29) is 6.10 Å². The van der Waals surface area contributed by atoms with Crippen molar-refractivity contribution in [2.45, 2.75) is 77.7 Å². The molecule has 0 spiro atoms. The lowest BCUT2D eigenvalue weighted by atomic mass is 9.76. The quantitative estimate of drug-likeness (QED) is 0.665. The lowest BCUT2D eigenvalue weighted by Crippen LogP contribution is -2.34. The fourth-order valence-electron chi connectivity index (χ4n) is 4.68. The lowest BCUT2D eigenvalue weighted by Gasteiger charge is -2.37. The van der Waals surface area contributed by atoms with Crippen LogP contribution >= 0.6 is 0 Å². The normalized spacial score (nSPS) is 24.2. The number of unbranched alkanes of at least 4 members (excludes halogenated alkanes) is 1. The maximum atomic E-state index is 9.68. The van der Waals surface area contributed by atoms with E-state index in [1.165, 1.54) is 44.9 Å². The van der Waals surface area contributed by atoms with Crippen LogP contribution in [0.2, 0.25) is 0 Å². The number of nitriles is 2. The first kappa shape index (κ1) is 19.6. The van der Waals surface area contributed by atoms with Gasteiger partial charge in [-0.3, -0.25) is 0 Å². The van der Waals surface area contributed by atoms with E-state index >= 15 is 0 Å². The Labute approximate surface area is 163 Å². The molecule has 1 aromatic carbocycles. The molecule has 0 bridgehead atoms. The Morgan fingerprint density at radius 2 is 1.81 bits per heavy atom. The van der Waals surface area contributed by atoms with Crippen LogP contribution in [0, 0.1) is 34.5 Å². The van der Waals surface area contributed by atoms with Crippen LogP contribution in [-0.4, -0.2) is 12.7 Å². The van der Waals surface area contributed by atoms with Crippen LogP contribution in [0.15, 0.2) is 6.07 Å². The van der Waals surface area contributed by atoms with Crippen molar-refractivity contribution in [2.24, 2.45) is 11.8 Å². The Kier molecular flexibility index (Phi) is 6.62. The smallest absolute Gasteiger partial charge is 0.142 e. The Morgan fingerprint density at radius 3 is 2.44 bits per heavy atom. The monoisotopic (exact) mass is 366 g/mol. The molecule has 4 nitrogen and oxygen atoms in total. The number of rotatable bonds is 6. The van der Waals surface area contributed by atoms with Crippen LogP contribution in [0.1, 0.15) is 81.9 Å². The topological polar surface area (TPSA) is 66.0 Å². The van der Waals surface area contributed by atoms with Gasteiger partial charge in [-0.05, 0) is 56.1 Å². The van der Waals surface area contributed by atoms with Gasteiger partial charge in [0.25, 0.3) is 0 Å². The third-order valence-electron chi connectivity index (χ3n) is 6.19. The molecule has 1 aliphatic heterocycles. The fraction of sp³-hybridized carbons (Fsp3) is 0.652. The molecule has 1 unspecified atom stereocenters. The Morgan fingerprint density at radius 1 is 1.07 bits per heavy atom. The summed E-state index contributed by atoms with van der Waals surface area (Å²) in [6.45, 7) is 4.62. The molecule has 3 rings (SSSR count). The predicted octanol–water partition coefficient (Wildman–Crippen LogP) is 5.52. The summed E-state index contributed by atoms with van der Waals surface area (Å²) in [5.41, 5.74) is 1.66. The molecule has 0 radical (unpaired) electrons. The molecule has 27 heavy (non-hydrogen) atoms. The molecule has 0 saturated heterocycles. The van der Waals surface area contributed by atoms with Crippen LogP contribution in [0.3, 0.4) is 0 Å². The van der Waals surface area contributed by atoms with Crippen molar-refractivity contribution in [2.75, 3.05) is 6.61 Å². The van der Waals surface area contributed by atoms with Crippen molar-refractivity contribution in [1.82, 2.24) is 0 Å². The lowest BCUT2D eigenvalue weighted by molar-refractivity contribution is 0.0751. The van der Waals surface area contributed by atoms with E-state index in [1.54, 1.807) is 0 Å². The average molecular weight is 367 g/mol. The summed E-state index contributed by atoms with van der Waals surface area (Å²) in [6, 6.07) is 6.24. The zero-order valence-corrected chi connectivity index (χ0v) is 16.6. The molecule has 1 atom stereocenters. The highest BCUT2D eigenvalue weighted by atomic mass is 16.5. The third kappa shape index (κ3) is 4.22. The molecule has 1 aromatic rings. The van der Waals surface area contributed by atoms with Crippen molar-refractivity contribution < 1.29 is 9.47 Å². The van der Waals surface area contributed by atoms with Crippen LogP contribution in [0.4, 0.5) is 0 Å². The number of hydrogen-bond acceptors (Lipinski definition) is 4. The highest BCUT2D eigenvalue weighted by molar-refractivity contribution is 5.64. The third-order valence-corrected chi connectivity index (χ3v) is 6.19. The van der Waals surface area contributed by atoms with Crippen molar-refractivity contribution >= 4 is 0 Å². The van der Waals surface area contributed by atoms with Crippen molar-refractivity contribution in [3.8, 4) is 23.6 Å². The number of nitrogens with zero attached hydrogens (tertiary/aromatic N) is 2. The summed E-state index contributed by atoms with van der Waals surface area (Å²) in [4.78, 5) is 0. The van der Waals surface area contributed by atoms with Crippen LogP contribution in [-0.2, 0) is 6.42 Å². The van der Waals surface area contributed by atoms with Gasteiger partial charge in [0.1, 0.15) is 40.9 Å². The van der Waals surface area contributed by atoms with E-state index in [1.807, 2.05) is 13.0 Å². The van der Waals surface area contributed by atoms with Gasteiger partial charge < -0.3 is 9.47 Å². The molecule has 1 saturated carbocycles. The van der Waals surface area contributed by atoms with Gasteiger partial charge in [0, 0.05) is 0 Å². The maximum absolute atomic E-state index is 9.68. The first-order valence-corrected chi connectivity index (χ1v) is 10.5. The summed E-state index contributed by atoms with van der Waals surface area (Å²) < 4.78 is 12.0. The van der Waals surface area contributed by atoms with Gasteiger partial charge in [0.05, 0.1) is 6.61 Å². The highest BCUT2D eigenvalue weighted by Crippen LogP contribution is 2.42. The number of ether oxygens (including phenoxy) is 2. The molecule has 1 fully saturated rings. The van der Waals surface area contributed by atoms with Gasteiger partial charge >= 0.3 is 0 Å². The molecule has 0 amide bonds. The highest BCUT2D eigenvalue weighted by Gasteiger charge is 2.33. The standard InChI is InChI=1S/C23H30N2O2/c1-3-5-6-16-7-9-17(10-8-16)21-12-11-18-13-22(26-4-2)19(14-24)20(15-25)23(18)27-21/h13,16-17,21H,3-12H2,1-2H3. The second-order valence-corrected chi connectivity index (χ2v) is 7.89. The fourth-order valence-corrected chi connectivity index (χ4v) is 4.68. The SMILES string of the molecule is CCCCC1CCC(C2CCc3cc(OCC)c(C#N)c(C#N)c3O2)CC1. The van der Waals surface area contributed by atoms with Gasteiger partial charge in [-0.15, -0.1) is 0 Å². The van der Waals surface area contributed by atoms with E-state index in [0.29, 0.717) is 35.2 Å². The van der Waals surface area contributed by atoms with Gasteiger partial charge in [0.15, 0.2) is 0 Å². The largest absolute Gasteiger partial charge is 0.492 e. The van der Waals surface area contributed by atoms with Crippen molar-refractivity contribution in [3.05, 3.63) is 22.8 Å². The van der Waals surface area contributed by atoms with Crippen LogP contribution in [0.25, 0.3) is 0 Å². The maximum Gasteiger partial charge on any atom is 0.142 e. The molecule has 0 aromatic heterocycles. The van der Waals surface area contributed by atoms with E-state index in [4.69, 9.17) is 9.47 Å². The van der Waals surface area contributed by atoms with E-state index in [2.05, 4.69) is 19.1 Å².